The van der Waals surface area contributed by atoms with Crippen LogP contribution < -0.4 is 5.32 Å². The Morgan fingerprint density at radius 2 is 1.82 bits per heavy atom. The van der Waals surface area contributed by atoms with E-state index in [1.165, 1.54) is 44.9 Å². The van der Waals surface area contributed by atoms with Crippen molar-refractivity contribution in [2.24, 2.45) is 11.8 Å². The lowest BCUT2D eigenvalue weighted by Gasteiger charge is -2.38. The standard InChI is InChI=1S/C15H29NO/c1-3-16-14(8-12-6-5-7-12)9-13-10-15(11-13)17-4-2/h12-16H,3-11H2,1-2H3. The molecule has 100 valence electrons. The second kappa shape index (κ2) is 6.75. The van der Waals surface area contributed by atoms with Crippen LogP contribution in [0.5, 0.6) is 0 Å². The fourth-order valence-electron chi connectivity index (χ4n) is 3.32. The minimum Gasteiger partial charge on any atom is -0.378 e. The molecule has 0 radical (unpaired) electrons. The molecule has 0 bridgehead atoms. The fourth-order valence-corrected chi connectivity index (χ4v) is 3.32. The van der Waals surface area contributed by atoms with Crippen LogP contribution in [0, 0.1) is 11.8 Å². The molecule has 17 heavy (non-hydrogen) atoms. The molecule has 1 unspecified atom stereocenters. The van der Waals surface area contributed by atoms with Crippen molar-refractivity contribution in [1.82, 2.24) is 5.32 Å². The molecular formula is C15H29NO. The van der Waals surface area contributed by atoms with Gasteiger partial charge in [0, 0.05) is 12.6 Å². The molecule has 2 aliphatic rings. The highest BCUT2D eigenvalue weighted by Crippen LogP contribution is 2.37. The molecule has 2 aliphatic carbocycles. The van der Waals surface area contributed by atoms with Crippen LogP contribution in [0.25, 0.3) is 0 Å². The number of rotatable bonds is 8. The van der Waals surface area contributed by atoms with E-state index in [1.54, 1.807) is 0 Å². The van der Waals surface area contributed by atoms with Crippen molar-refractivity contribution in [3.05, 3.63) is 0 Å². The molecular weight excluding hydrogens is 210 g/mol. The van der Waals surface area contributed by atoms with Gasteiger partial charge < -0.3 is 10.1 Å². The average Bonchev–Trinajstić information content (AvgIpc) is 2.20. The lowest BCUT2D eigenvalue weighted by atomic mass is 9.74. The minimum absolute atomic E-state index is 0.580. The maximum Gasteiger partial charge on any atom is 0.0580 e. The van der Waals surface area contributed by atoms with Gasteiger partial charge in [-0.2, -0.15) is 0 Å². The predicted octanol–water partition coefficient (Wildman–Crippen LogP) is 3.36. The lowest BCUT2D eigenvalue weighted by molar-refractivity contribution is -0.0299. The van der Waals surface area contributed by atoms with Gasteiger partial charge in [0.05, 0.1) is 6.10 Å². The zero-order valence-electron chi connectivity index (χ0n) is 11.6. The number of hydrogen-bond donors (Lipinski definition) is 1. The zero-order valence-corrected chi connectivity index (χ0v) is 11.6. The van der Waals surface area contributed by atoms with Gasteiger partial charge in [-0.1, -0.05) is 26.2 Å². The Morgan fingerprint density at radius 1 is 1.12 bits per heavy atom. The van der Waals surface area contributed by atoms with Crippen molar-refractivity contribution < 1.29 is 4.74 Å². The maximum atomic E-state index is 5.64. The van der Waals surface area contributed by atoms with Crippen molar-refractivity contribution in [2.45, 2.75) is 70.9 Å². The van der Waals surface area contributed by atoms with Crippen LogP contribution in [-0.2, 0) is 4.74 Å². The summed E-state index contributed by atoms with van der Waals surface area (Å²) in [4.78, 5) is 0. The van der Waals surface area contributed by atoms with Gasteiger partial charge in [0.1, 0.15) is 0 Å². The third-order valence-electron chi connectivity index (χ3n) is 4.55. The SMILES string of the molecule is CCNC(CC1CCC1)CC1CC(OCC)C1. The first-order valence-corrected chi connectivity index (χ1v) is 7.66. The molecule has 2 fully saturated rings. The van der Waals surface area contributed by atoms with Gasteiger partial charge in [-0.3, -0.25) is 0 Å². The molecule has 0 spiro atoms. The van der Waals surface area contributed by atoms with Crippen LogP contribution in [0.3, 0.4) is 0 Å². The second-order valence-electron chi connectivity index (χ2n) is 5.94. The van der Waals surface area contributed by atoms with Crippen LogP contribution in [0.15, 0.2) is 0 Å². The highest BCUT2D eigenvalue weighted by Gasteiger charge is 2.32. The molecule has 0 aromatic carbocycles. The molecule has 1 N–H and O–H groups in total. The van der Waals surface area contributed by atoms with Crippen molar-refractivity contribution in [1.29, 1.82) is 0 Å². The highest BCUT2D eigenvalue weighted by molar-refractivity contribution is 4.86. The van der Waals surface area contributed by atoms with E-state index in [-0.39, 0.29) is 0 Å². The summed E-state index contributed by atoms with van der Waals surface area (Å²) in [5.41, 5.74) is 0. The van der Waals surface area contributed by atoms with Crippen LogP contribution in [-0.4, -0.2) is 25.3 Å². The molecule has 2 nitrogen and oxygen atoms in total. The summed E-state index contributed by atoms with van der Waals surface area (Å²) in [6, 6.07) is 0.776. The Bertz CT molecular complexity index is 209. The van der Waals surface area contributed by atoms with Crippen LogP contribution in [0.2, 0.25) is 0 Å². The molecule has 0 aromatic heterocycles. The van der Waals surface area contributed by atoms with E-state index >= 15 is 0 Å². The Morgan fingerprint density at radius 3 is 2.35 bits per heavy atom. The third-order valence-corrected chi connectivity index (χ3v) is 4.55. The summed E-state index contributed by atoms with van der Waals surface area (Å²) in [6.07, 6.45) is 10.4. The lowest BCUT2D eigenvalue weighted by Crippen LogP contribution is -2.39. The fraction of sp³-hybridized carbons (Fsp3) is 1.00. The molecule has 2 heteroatoms. The highest BCUT2D eigenvalue weighted by atomic mass is 16.5. The molecule has 0 aromatic rings. The predicted molar refractivity (Wildman–Crippen MR) is 72.2 cm³/mol. The van der Waals surface area contributed by atoms with Gasteiger partial charge in [-0.05, 0) is 51.0 Å². The van der Waals surface area contributed by atoms with Gasteiger partial charge in [0.25, 0.3) is 0 Å². The Hall–Kier alpha value is -0.0800. The first-order chi connectivity index (χ1) is 8.31. The Kier molecular flexibility index (Phi) is 5.30. The summed E-state index contributed by atoms with van der Waals surface area (Å²) in [5, 5.41) is 3.69. The molecule has 0 heterocycles. The van der Waals surface area contributed by atoms with E-state index in [2.05, 4.69) is 19.2 Å². The maximum absolute atomic E-state index is 5.64. The Balaban J connectivity index is 1.63. The zero-order chi connectivity index (χ0) is 12.1. The minimum atomic E-state index is 0.580. The van der Waals surface area contributed by atoms with Gasteiger partial charge in [0.2, 0.25) is 0 Å². The summed E-state index contributed by atoms with van der Waals surface area (Å²) in [7, 11) is 0. The van der Waals surface area contributed by atoms with Gasteiger partial charge in [-0.25, -0.2) is 0 Å². The summed E-state index contributed by atoms with van der Waals surface area (Å²) in [5.74, 6) is 1.96. The summed E-state index contributed by atoms with van der Waals surface area (Å²) >= 11 is 0. The summed E-state index contributed by atoms with van der Waals surface area (Å²) < 4.78 is 5.64. The first-order valence-electron chi connectivity index (χ1n) is 7.66. The molecule has 0 aliphatic heterocycles. The van der Waals surface area contributed by atoms with Crippen molar-refractivity contribution in [3.8, 4) is 0 Å². The molecule has 0 saturated heterocycles. The quantitative estimate of drug-likeness (QED) is 0.701. The van der Waals surface area contributed by atoms with Crippen LogP contribution in [0.4, 0.5) is 0 Å². The molecule has 2 rings (SSSR count). The topological polar surface area (TPSA) is 21.3 Å². The number of ether oxygens (including phenoxy) is 1. The first kappa shape index (κ1) is 13.4. The van der Waals surface area contributed by atoms with E-state index < -0.39 is 0 Å². The van der Waals surface area contributed by atoms with E-state index in [0.29, 0.717) is 6.10 Å². The number of hydrogen-bond acceptors (Lipinski definition) is 2. The van der Waals surface area contributed by atoms with Crippen LogP contribution >= 0.6 is 0 Å². The van der Waals surface area contributed by atoms with E-state index in [1.807, 2.05) is 0 Å². The van der Waals surface area contributed by atoms with Gasteiger partial charge >= 0.3 is 0 Å². The Labute approximate surface area is 107 Å². The van der Waals surface area contributed by atoms with E-state index in [0.717, 1.165) is 31.0 Å². The van der Waals surface area contributed by atoms with Crippen molar-refractivity contribution >= 4 is 0 Å². The van der Waals surface area contributed by atoms with Gasteiger partial charge in [0.15, 0.2) is 0 Å². The molecule has 1 atom stereocenters. The van der Waals surface area contributed by atoms with Crippen molar-refractivity contribution in [3.63, 3.8) is 0 Å². The van der Waals surface area contributed by atoms with Crippen LogP contribution in [0.1, 0.15) is 58.8 Å². The second-order valence-corrected chi connectivity index (χ2v) is 5.94. The van der Waals surface area contributed by atoms with E-state index in [4.69, 9.17) is 4.74 Å². The van der Waals surface area contributed by atoms with E-state index in [9.17, 15) is 0 Å². The van der Waals surface area contributed by atoms with Gasteiger partial charge in [-0.15, -0.1) is 0 Å². The largest absolute Gasteiger partial charge is 0.378 e. The molecule has 2 saturated carbocycles. The average molecular weight is 239 g/mol. The number of nitrogens with one attached hydrogen (secondary N) is 1. The summed E-state index contributed by atoms with van der Waals surface area (Å²) in [6.45, 7) is 6.35. The smallest absolute Gasteiger partial charge is 0.0580 e. The normalized spacial score (nSPS) is 30.7. The van der Waals surface area contributed by atoms with Crippen molar-refractivity contribution in [2.75, 3.05) is 13.2 Å². The third kappa shape index (κ3) is 3.96. The molecule has 0 amide bonds. The monoisotopic (exact) mass is 239 g/mol.